The van der Waals surface area contributed by atoms with Crippen molar-refractivity contribution < 1.29 is 0 Å². The zero-order chi connectivity index (χ0) is 20.1. The Morgan fingerprint density at radius 1 is 0.444 bits per heavy atom. The van der Waals surface area contributed by atoms with Crippen LogP contribution in [0.4, 0.5) is 0 Å². The van der Waals surface area contributed by atoms with Gasteiger partial charge in [-0.1, -0.05) is 0 Å². The standard InChI is InChI=1S/C24H53P2Te/c1-4-7-10-13-16-19-22-26(25-27,23-20-17-14-11-8-5-2)24-21-18-15-12-9-6-3/h25,27H,4-24H2,1-3H3/q+1. The van der Waals surface area contributed by atoms with Crippen molar-refractivity contribution in [1.82, 2.24) is 0 Å². The van der Waals surface area contributed by atoms with Crippen LogP contribution in [0.5, 0.6) is 0 Å². The summed E-state index contributed by atoms with van der Waals surface area (Å²) < 4.78 is 0. The Bertz CT molecular complexity index is 243. The molecule has 0 aliphatic rings. The molecule has 0 fully saturated rings. The van der Waals surface area contributed by atoms with Gasteiger partial charge in [-0.05, 0) is 0 Å². The third-order valence-electron chi connectivity index (χ3n) is 6.03. The number of hydrogen-bond donors (Lipinski definition) is 0. The predicted octanol–water partition coefficient (Wildman–Crippen LogP) is 9.49. The van der Waals surface area contributed by atoms with Gasteiger partial charge in [-0.3, -0.25) is 0 Å². The Labute approximate surface area is 188 Å². The van der Waals surface area contributed by atoms with Crippen LogP contribution in [0.25, 0.3) is 0 Å². The van der Waals surface area contributed by atoms with Gasteiger partial charge in [-0.25, -0.2) is 0 Å². The molecule has 0 nitrogen and oxygen atoms in total. The van der Waals surface area contributed by atoms with Gasteiger partial charge in [0.1, 0.15) is 0 Å². The monoisotopic (exact) mass is 533 g/mol. The molecular formula is C24H53P2Te+. The second-order valence-electron chi connectivity index (χ2n) is 8.72. The van der Waals surface area contributed by atoms with Crippen molar-refractivity contribution >= 4 is 34.7 Å². The third kappa shape index (κ3) is 18.2. The summed E-state index contributed by atoms with van der Waals surface area (Å²) in [5.41, 5.74) is 0. The Morgan fingerprint density at radius 2 is 0.704 bits per heavy atom. The van der Waals surface area contributed by atoms with Crippen LogP contribution in [-0.4, -0.2) is 40.2 Å². The molecule has 0 radical (unpaired) electrons. The van der Waals surface area contributed by atoms with Crippen molar-refractivity contribution in [1.29, 1.82) is 0 Å². The molecule has 0 aliphatic carbocycles. The SMILES string of the molecule is CCCCCCCC[P+](CCCCCCCC)(CCCCCCCC)P[TeH]. The summed E-state index contributed by atoms with van der Waals surface area (Å²) in [6, 6.07) is 0. The molecule has 0 aliphatic heterocycles. The molecule has 0 saturated carbocycles. The van der Waals surface area contributed by atoms with Gasteiger partial charge >= 0.3 is 189 Å². The number of hydrogen-bond acceptors (Lipinski definition) is 0. The first-order chi connectivity index (χ1) is 13.2. The summed E-state index contributed by atoms with van der Waals surface area (Å²) >= 11 is 2.18. The van der Waals surface area contributed by atoms with E-state index in [0.717, 1.165) is 0 Å². The van der Waals surface area contributed by atoms with Gasteiger partial charge in [0, 0.05) is 0 Å². The molecule has 1 atom stereocenters. The average molecular weight is 531 g/mol. The van der Waals surface area contributed by atoms with E-state index in [-0.39, 0.29) is 0 Å². The van der Waals surface area contributed by atoms with E-state index in [1.165, 1.54) is 102 Å². The molecule has 0 aromatic rings. The molecular weight excluding hydrogens is 478 g/mol. The fraction of sp³-hybridized carbons (Fsp3) is 1.00. The molecule has 3 heteroatoms. The molecule has 0 bridgehead atoms. The van der Waals surface area contributed by atoms with Crippen molar-refractivity contribution in [3.8, 4) is 0 Å². The van der Waals surface area contributed by atoms with Crippen LogP contribution in [0.3, 0.4) is 0 Å². The van der Waals surface area contributed by atoms with Gasteiger partial charge in [0.2, 0.25) is 0 Å². The van der Waals surface area contributed by atoms with Gasteiger partial charge in [0.25, 0.3) is 0 Å². The fourth-order valence-corrected chi connectivity index (χ4v) is 17.6. The van der Waals surface area contributed by atoms with Crippen molar-refractivity contribution in [2.75, 3.05) is 18.5 Å². The molecule has 0 rings (SSSR count). The predicted molar refractivity (Wildman–Crippen MR) is 137 cm³/mol. The van der Waals surface area contributed by atoms with Crippen molar-refractivity contribution in [2.24, 2.45) is 0 Å². The molecule has 27 heavy (non-hydrogen) atoms. The first-order valence-corrected chi connectivity index (χ1v) is 20.5. The first-order valence-electron chi connectivity index (χ1n) is 12.5. The average Bonchev–Trinajstić information content (AvgIpc) is 2.69. The van der Waals surface area contributed by atoms with E-state index in [0.29, 0.717) is 0 Å². The number of unbranched alkanes of at least 4 members (excludes halogenated alkanes) is 15. The van der Waals surface area contributed by atoms with E-state index < -0.39 is 6.95 Å². The second-order valence-corrected chi connectivity index (χ2v) is 21.1. The summed E-state index contributed by atoms with van der Waals surface area (Å²) in [4.78, 5) is 0. The van der Waals surface area contributed by atoms with E-state index in [4.69, 9.17) is 0 Å². The second kappa shape index (κ2) is 22.3. The first kappa shape index (κ1) is 28.6. The molecule has 0 amide bonds. The van der Waals surface area contributed by atoms with Crippen LogP contribution in [0.2, 0.25) is 0 Å². The van der Waals surface area contributed by atoms with E-state index in [1.54, 1.807) is 37.7 Å². The van der Waals surface area contributed by atoms with Gasteiger partial charge < -0.3 is 0 Å². The van der Waals surface area contributed by atoms with E-state index in [1.807, 2.05) is 0 Å². The Hall–Kier alpha value is 1.65. The maximum absolute atomic E-state index is 2.33. The van der Waals surface area contributed by atoms with Crippen LogP contribution >= 0.6 is 12.9 Å². The molecule has 164 valence electrons. The van der Waals surface area contributed by atoms with Crippen molar-refractivity contribution in [3.63, 3.8) is 0 Å². The van der Waals surface area contributed by atoms with Crippen LogP contribution in [0.1, 0.15) is 136 Å². The van der Waals surface area contributed by atoms with Crippen LogP contribution in [-0.2, 0) is 0 Å². The van der Waals surface area contributed by atoms with E-state index >= 15 is 0 Å². The van der Waals surface area contributed by atoms with Crippen LogP contribution in [0.15, 0.2) is 0 Å². The molecule has 0 N–H and O–H groups in total. The van der Waals surface area contributed by atoms with Crippen molar-refractivity contribution in [2.45, 2.75) is 136 Å². The van der Waals surface area contributed by atoms with Crippen LogP contribution in [0, 0.1) is 0 Å². The molecule has 0 heterocycles. The van der Waals surface area contributed by atoms with Gasteiger partial charge in [0.05, 0.1) is 0 Å². The van der Waals surface area contributed by atoms with E-state index in [2.05, 4.69) is 42.5 Å². The summed E-state index contributed by atoms with van der Waals surface area (Å²) in [6.07, 6.45) is 31.6. The number of rotatable bonds is 22. The van der Waals surface area contributed by atoms with Gasteiger partial charge in [-0.2, -0.15) is 0 Å². The molecule has 0 spiro atoms. The quantitative estimate of drug-likeness (QED) is 0.0742. The maximum atomic E-state index is 2.33. The summed E-state index contributed by atoms with van der Waals surface area (Å²) in [5, 5.41) is 0. The Morgan fingerprint density at radius 3 is 0.963 bits per heavy atom. The minimum atomic E-state index is -0.594. The summed E-state index contributed by atoms with van der Waals surface area (Å²) in [7, 11) is 0. The zero-order valence-electron chi connectivity index (χ0n) is 19.2. The molecule has 0 aromatic heterocycles. The Kier molecular flexibility index (Phi) is 23.7. The fourth-order valence-electron chi connectivity index (χ4n) is 4.07. The zero-order valence-corrected chi connectivity index (χ0v) is 23.7. The van der Waals surface area contributed by atoms with Crippen LogP contribution < -0.4 is 0 Å². The summed E-state index contributed by atoms with van der Waals surface area (Å²) in [6.45, 7) is 6.40. The van der Waals surface area contributed by atoms with Gasteiger partial charge in [-0.15, -0.1) is 0 Å². The summed E-state index contributed by atoms with van der Waals surface area (Å²) in [5.74, 6) is 1.32. The van der Waals surface area contributed by atoms with Crippen molar-refractivity contribution in [3.05, 3.63) is 0 Å². The minimum absolute atomic E-state index is 0.594. The van der Waals surface area contributed by atoms with Gasteiger partial charge in [0.15, 0.2) is 0 Å². The molecule has 0 saturated heterocycles. The molecule has 0 aromatic carbocycles. The Balaban J connectivity index is 4.23. The normalized spacial score (nSPS) is 12.4. The third-order valence-corrected chi connectivity index (χ3v) is 24.2. The molecule has 1 unspecified atom stereocenters. The topological polar surface area (TPSA) is 0 Å². The van der Waals surface area contributed by atoms with E-state index in [9.17, 15) is 0 Å².